The smallest absolute Gasteiger partial charge is 0.212 e. The van der Waals surface area contributed by atoms with Crippen molar-refractivity contribution in [1.29, 1.82) is 0 Å². The molecule has 1 unspecified atom stereocenters. The van der Waals surface area contributed by atoms with Crippen LogP contribution in [0.1, 0.15) is 25.2 Å². The zero-order valence-corrected chi connectivity index (χ0v) is 14.0. The fraction of sp³-hybridized carbons (Fsp3) is 0.238. The number of rotatable bonds is 5. The Balaban J connectivity index is 1.87. The summed E-state index contributed by atoms with van der Waals surface area (Å²) in [4.78, 5) is 2.38. The molecular formula is C21H24BN. The van der Waals surface area contributed by atoms with Gasteiger partial charge in [0.05, 0.1) is 0 Å². The Labute approximate surface area is 140 Å². The van der Waals surface area contributed by atoms with E-state index < -0.39 is 0 Å². The quantitative estimate of drug-likeness (QED) is 0.747. The van der Waals surface area contributed by atoms with Gasteiger partial charge >= 0.3 is 0 Å². The van der Waals surface area contributed by atoms with Crippen LogP contribution in [-0.4, -0.2) is 19.8 Å². The first-order valence-electron chi connectivity index (χ1n) is 8.58. The topological polar surface area (TPSA) is 3.24 Å². The van der Waals surface area contributed by atoms with Gasteiger partial charge in [0.2, 0.25) is 6.71 Å². The molecule has 116 valence electrons. The molecule has 0 saturated heterocycles. The summed E-state index contributed by atoms with van der Waals surface area (Å²) in [7, 11) is 0. The van der Waals surface area contributed by atoms with E-state index in [1.165, 1.54) is 16.7 Å². The summed E-state index contributed by atoms with van der Waals surface area (Å²) in [6, 6.07) is 19.9. The van der Waals surface area contributed by atoms with Crippen LogP contribution in [0.5, 0.6) is 0 Å². The van der Waals surface area contributed by atoms with E-state index in [4.69, 9.17) is 0 Å². The molecule has 23 heavy (non-hydrogen) atoms. The van der Waals surface area contributed by atoms with Gasteiger partial charge in [-0.2, -0.15) is 0 Å². The van der Waals surface area contributed by atoms with Crippen molar-refractivity contribution in [2.45, 2.75) is 19.7 Å². The molecule has 0 spiro atoms. The largest absolute Gasteiger partial charge is 0.372 e. The minimum absolute atomic E-state index is 0.410. The minimum Gasteiger partial charge on any atom is -0.372 e. The Morgan fingerprint density at radius 2 is 1.57 bits per heavy atom. The summed E-state index contributed by atoms with van der Waals surface area (Å²) >= 11 is 0. The molecule has 0 bridgehead atoms. The van der Waals surface area contributed by atoms with Gasteiger partial charge < -0.3 is 4.90 Å². The third-order valence-electron chi connectivity index (χ3n) is 4.73. The third kappa shape index (κ3) is 3.42. The minimum atomic E-state index is 0.410. The van der Waals surface area contributed by atoms with Gasteiger partial charge in [0.1, 0.15) is 0 Å². The molecular weight excluding hydrogens is 277 g/mol. The third-order valence-corrected chi connectivity index (χ3v) is 4.73. The molecule has 1 aliphatic rings. The maximum atomic E-state index is 2.38. The van der Waals surface area contributed by atoms with Gasteiger partial charge in [-0.05, 0) is 37.4 Å². The Morgan fingerprint density at radius 3 is 2.22 bits per heavy atom. The van der Waals surface area contributed by atoms with Crippen LogP contribution in [0.2, 0.25) is 0 Å². The molecule has 1 atom stereocenters. The highest BCUT2D eigenvalue weighted by atomic mass is 15.1. The normalized spacial score (nSPS) is 16.6. The van der Waals surface area contributed by atoms with Crippen LogP contribution in [0, 0.1) is 0 Å². The molecule has 1 aliphatic heterocycles. The molecule has 0 aromatic heterocycles. The zero-order valence-electron chi connectivity index (χ0n) is 14.0. The first-order chi connectivity index (χ1) is 11.3. The maximum Gasteiger partial charge on any atom is 0.212 e. The van der Waals surface area contributed by atoms with E-state index in [2.05, 4.69) is 97.5 Å². The highest BCUT2D eigenvalue weighted by molar-refractivity contribution is 6.79. The molecule has 0 fully saturated rings. The summed E-state index contributed by atoms with van der Waals surface area (Å²) in [5.74, 6) is 2.74. The molecule has 0 aliphatic carbocycles. The predicted octanol–water partition coefficient (Wildman–Crippen LogP) is 4.22. The van der Waals surface area contributed by atoms with Crippen molar-refractivity contribution in [3.05, 3.63) is 84.4 Å². The summed E-state index contributed by atoms with van der Waals surface area (Å²) < 4.78 is 0. The highest BCUT2D eigenvalue weighted by Crippen LogP contribution is 2.24. The monoisotopic (exact) mass is 301 g/mol. The number of nitrogens with zero attached hydrogens (tertiary/aromatic N) is 1. The molecule has 3 rings (SSSR count). The Hall–Kier alpha value is -2.22. The molecule has 2 aromatic rings. The molecule has 1 nitrogen and oxygen atoms in total. The lowest BCUT2D eigenvalue weighted by Gasteiger charge is -2.24. The first kappa shape index (κ1) is 15.7. The predicted molar refractivity (Wildman–Crippen MR) is 103 cm³/mol. The van der Waals surface area contributed by atoms with Gasteiger partial charge in [-0.3, -0.25) is 0 Å². The van der Waals surface area contributed by atoms with E-state index in [9.17, 15) is 0 Å². The van der Waals surface area contributed by atoms with Crippen LogP contribution in [0.15, 0.2) is 78.8 Å². The van der Waals surface area contributed by atoms with Crippen molar-refractivity contribution in [2.24, 2.45) is 0 Å². The fourth-order valence-corrected chi connectivity index (χ4v) is 3.42. The van der Waals surface area contributed by atoms with Gasteiger partial charge in [0.15, 0.2) is 0 Å². The first-order valence-corrected chi connectivity index (χ1v) is 8.58. The molecule has 1 heterocycles. The van der Waals surface area contributed by atoms with Gasteiger partial charge in [-0.25, -0.2) is 0 Å². The lowest BCUT2D eigenvalue weighted by atomic mass is 9.35. The second-order valence-corrected chi connectivity index (χ2v) is 6.00. The number of hydrogen-bond donors (Lipinski definition) is 0. The molecule has 2 aromatic carbocycles. The summed E-state index contributed by atoms with van der Waals surface area (Å²) in [5.41, 5.74) is 4.08. The standard InChI is InChI=1S/C21H24BN/c1-3-23(4-2)20-15-13-19(14-16-20)22-17-9-8-12-21(22)18-10-6-5-7-11-18/h5-17,21H,3-4H2,1-2H3. The maximum absolute atomic E-state index is 2.38. The molecule has 0 radical (unpaired) electrons. The molecule has 0 amide bonds. The van der Waals surface area contributed by atoms with Crippen molar-refractivity contribution in [3.8, 4) is 0 Å². The fourth-order valence-electron chi connectivity index (χ4n) is 3.42. The number of benzene rings is 2. The van der Waals surface area contributed by atoms with E-state index >= 15 is 0 Å². The lowest BCUT2D eigenvalue weighted by molar-refractivity contribution is 0.866. The molecule has 0 N–H and O–H groups in total. The average Bonchev–Trinajstić information content (AvgIpc) is 2.64. The van der Waals surface area contributed by atoms with Gasteiger partial charge in [-0.15, -0.1) is 5.98 Å². The number of hydrogen-bond acceptors (Lipinski definition) is 1. The van der Waals surface area contributed by atoms with Crippen molar-refractivity contribution >= 4 is 17.9 Å². The average molecular weight is 301 g/mol. The van der Waals surface area contributed by atoms with E-state index in [0.717, 1.165) is 13.1 Å². The molecule has 0 saturated carbocycles. The van der Waals surface area contributed by atoms with Crippen LogP contribution < -0.4 is 10.4 Å². The second-order valence-electron chi connectivity index (χ2n) is 6.00. The Morgan fingerprint density at radius 1 is 0.870 bits per heavy atom. The second kappa shape index (κ2) is 7.37. The Kier molecular flexibility index (Phi) is 5.02. The van der Waals surface area contributed by atoms with Crippen LogP contribution in [0.4, 0.5) is 5.69 Å². The van der Waals surface area contributed by atoms with E-state index in [1.54, 1.807) is 0 Å². The highest BCUT2D eigenvalue weighted by Gasteiger charge is 2.25. The van der Waals surface area contributed by atoms with E-state index in [0.29, 0.717) is 12.5 Å². The van der Waals surface area contributed by atoms with Crippen molar-refractivity contribution in [3.63, 3.8) is 0 Å². The van der Waals surface area contributed by atoms with Crippen LogP contribution in [0.25, 0.3) is 0 Å². The van der Waals surface area contributed by atoms with Gasteiger partial charge in [-0.1, -0.05) is 66.2 Å². The van der Waals surface area contributed by atoms with Crippen molar-refractivity contribution < 1.29 is 0 Å². The van der Waals surface area contributed by atoms with Crippen LogP contribution in [0.3, 0.4) is 0 Å². The number of anilines is 1. The summed E-state index contributed by atoms with van der Waals surface area (Å²) in [6.07, 6.45) is 6.65. The van der Waals surface area contributed by atoms with Gasteiger partial charge in [0, 0.05) is 18.8 Å². The van der Waals surface area contributed by atoms with Crippen LogP contribution >= 0.6 is 0 Å². The Bertz CT molecular complexity index is 669. The lowest BCUT2D eigenvalue weighted by Crippen LogP contribution is -2.36. The van der Waals surface area contributed by atoms with E-state index in [1.807, 2.05) is 0 Å². The summed E-state index contributed by atoms with van der Waals surface area (Å²) in [6.45, 7) is 6.92. The SMILES string of the molecule is CCN(CC)c1ccc(B2C=CC=CC2c2ccccc2)cc1. The zero-order chi connectivity index (χ0) is 16.1. The molecule has 2 heteroatoms. The van der Waals surface area contributed by atoms with Crippen molar-refractivity contribution in [1.82, 2.24) is 0 Å². The van der Waals surface area contributed by atoms with E-state index in [-0.39, 0.29) is 0 Å². The van der Waals surface area contributed by atoms with Crippen LogP contribution in [-0.2, 0) is 0 Å². The van der Waals surface area contributed by atoms with Gasteiger partial charge in [0.25, 0.3) is 0 Å². The van der Waals surface area contributed by atoms with Crippen molar-refractivity contribution in [2.75, 3.05) is 18.0 Å². The number of allylic oxidation sites excluding steroid dienone is 3. The summed E-state index contributed by atoms with van der Waals surface area (Å²) in [5, 5.41) is 0.